The molecule has 176 valence electrons. The minimum atomic E-state index is -0.744. The number of rotatable bonds is 7. The Labute approximate surface area is 199 Å². The van der Waals surface area contributed by atoms with E-state index in [2.05, 4.69) is 32.2 Å². The quantitative estimate of drug-likeness (QED) is 0.211. The van der Waals surface area contributed by atoms with Crippen molar-refractivity contribution >= 4 is 40.3 Å². The summed E-state index contributed by atoms with van der Waals surface area (Å²) in [5.41, 5.74) is 1.67. The normalized spacial score (nSPS) is 26.7. The molecule has 2 aliphatic heterocycles. The van der Waals surface area contributed by atoms with Gasteiger partial charge in [0.15, 0.2) is 23.1 Å². The predicted molar refractivity (Wildman–Crippen MR) is 117 cm³/mol. The molecule has 3 aromatic heterocycles. The molecule has 33 heavy (non-hydrogen) atoms. The molecule has 5 heterocycles. The Kier molecular flexibility index (Phi) is 6.21. The lowest BCUT2D eigenvalue weighted by atomic mass is 10.1. The third-order valence-corrected chi connectivity index (χ3v) is 6.36. The number of halogens is 2. The molecule has 0 saturated carbocycles. The van der Waals surface area contributed by atoms with E-state index in [1.807, 2.05) is 6.20 Å². The van der Waals surface area contributed by atoms with Crippen LogP contribution in [0.2, 0.25) is 10.4 Å². The number of aryl methyl sites for hydroxylation is 1. The summed E-state index contributed by atoms with van der Waals surface area (Å²) in [4.78, 5) is 24.4. The van der Waals surface area contributed by atoms with Crippen molar-refractivity contribution in [3.63, 3.8) is 0 Å². The fourth-order valence-corrected chi connectivity index (χ4v) is 4.85. The van der Waals surface area contributed by atoms with E-state index in [1.165, 1.54) is 13.3 Å². The van der Waals surface area contributed by atoms with Gasteiger partial charge in [-0.1, -0.05) is 36.6 Å². The van der Waals surface area contributed by atoms with Gasteiger partial charge in [-0.25, -0.2) is 14.6 Å². The molecule has 0 amide bonds. The van der Waals surface area contributed by atoms with Gasteiger partial charge in [0.2, 0.25) is 5.28 Å². The van der Waals surface area contributed by atoms with Gasteiger partial charge in [-0.05, 0) is 24.4 Å². The summed E-state index contributed by atoms with van der Waals surface area (Å²) in [7, 11) is 0. The maximum Gasteiger partial charge on any atom is 0.303 e. The first-order chi connectivity index (χ1) is 16.0. The molecule has 0 spiro atoms. The number of hydrogen-bond acceptors (Lipinski definition) is 9. The summed E-state index contributed by atoms with van der Waals surface area (Å²) in [6.07, 6.45) is 5.29. The molecule has 2 aliphatic rings. The van der Waals surface area contributed by atoms with Gasteiger partial charge < -0.3 is 14.2 Å². The van der Waals surface area contributed by atoms with Crippen LogP contribution in [-0.2, 0) is 25.4 Å². The fourth-order valence-electron chi connectivity index (χ4n) is 4.43. The lowest BCUT2D eigenvalue weighted by Gasteiger charge is -2.23. The number of unbranched alkanes of at least 4 members (excludes halogenated alkanes) is 2. The lowest BCUT2D eigenvalue weighted by Crippen LogP contribution is -2.35. The predicted octanol–water partition coefficient (Wildman–Crippen LogP) is 2.93. The van der Waals surface area contributed by atoms with Crippen molar-refractivity contribution in [2.45, 2.75) is 70.1 Å². The van der Waals surface area contributed by atoms with Gasteiger partial charge in [-0.15, -0.1) is 5.10 Å². The first-order valence-electron chi connectivity index (χ1n) is 10.9. The van der Waals surface area contributed by atoms with Crippen LogP contribution in [-0.4, -0.2) is 65.4 Å². The highest BCUT2D eigenvalue weighted by Crippen LogP contribution is 2.43. The van der Waals surface area contributed by atoms with Crippen molar-refractivity contribution < 1.29 is 19.0 Å². The van der Waals surface area contributed by atoms with E-state index < -0.39 is 30.5 Å². The molecule has 0 bridgehead atoms. The molecular weight excluding hydrogens is 473 g/mol. The zero-order valence-corrected chi connectivity index (χ0v) is 19.6. The van der Waals surface area contributed by atoms with E-state index in [-0.39, 0.29) is 16.5 Å². The highest BCUT2D eigenvalue weighted by Gasteiger charge is 2.56. The van der Waals surface area contributed by atoms with E-state index in [0.717, 1.165) is 31.4 Å². The molecule has 13 heteroatoms. The first kappa shape index (κ1) is 22.5. The second-order valence-electron chi connectivity index (χ2n) is 8.19. The van der Waals surface area contributed by atoms with Gasteiger partial charge >= 0.3 is 5.97 Å². The first-order valence-corrected chi connectivity index (χ1v) is 11.6. The van der Waals surface area contributed by atoms with E-state index >= 15 is 0 Å². The highest BCUT2D eigenvalue weighted by molar-refractivity contribution is 6.35. The molecule has 5 rings (SSSR count). The maximum atomic E-state index is 11.9. The van der Waals surface area contributed by atoms with Gasteiger partial charge in [0.1, 0.15) is 23.8 Å². The van der Waals surface area contributed by atoms with E-state index in [9.17, 15) is 4.79 Å². The van der Waals surface area contributed by atoms with Crippen LogP contribution in [0.1, 0.15) is 51.1 Å². The SMILES string of the molecule is CCCCCc1cn([C@H]2COC3C2O[C@@H](n2cnc4c(Cl)nc(Cl)nc42)[C@@H]3OC(C)=O)nn1. The van der Waals surface area contributed by atoms with Gasteiger partial charge in [0.05, 0.1) is 18.6 Å². The maximum absolute atomic E-state index is 11.9. The molecule has 3 aromatic rings. The Morgan fingerprint density at radius 1 is 1.27 bits per heavy atom. The smallest absolute Gasteiger partial charge is 0.303 e. The molecule has 0 radical (unpaired) electrons. The molecule has 2 saturated heterocycles. The molecule has 0 aliphatic carbocycles. The largest absolute Gasteiger partial charge is 0.455 e. The van der Waals surface area contributed by atoms with E-state index in [0.29, 0.717) is 17.8 Å². The summed E-state index contributed by atoms with van der Waals surface area (Å²) in [6, 6.07) is -0.220. The molecule has 11 nitrogen and oxygen atoms in total. The number of ether oxygens (including phenoxy) is 3. The molecular formula is C20H23Cl2N7O4. The Morgan fingerprint density at radius 3 is 2.91 bits per heavy atom. The molecule has 2 unspecified atom stereocenters. The van der Waals surface area contributed by atoms with Crippen molar-refractivity contribution in [2.24, 2.45) is 0 Å². The number of esters is 1. The molecule has 2 fully saturated rings. The molecule has 5 atom stereocenters. The Bertz CT molecular complexity index is 1170. The average Bonchev–Trinajstić information content (AvgIpc) is 3.52. The van der Waals surface area contributed by atoms with Crippen molar-refractivity contribution in [3.8, 4) is 0 Å². The summed E-state index contributed by atoms with van der Waals surface area (Å²) in [5.74, 6) is -0.449. The Balaban J connectivity index is 1.44. The lowest BCUT2D eigenvalue weighted by molar-refractivity contribution is -0.158. The number of carbonyl (C=O) groups is 1. The average molecular weight is 496 g/mol. The fraction of sp³-hybridized carbons (Fsp3) is 0.600. The molecule has 0 aromatic carbocycles. The summed E-state index contributed by atoms with van der Waals surface area (Å²) >= 11 is 12.2. The second kappa shape index (κ2) is 9.13. The zero-order chi connectivity index (χ0) is 23.1. The van der Waals surface area contributed by atoms with Gasteiger partial charge in [-0.3, -0.25) is 9.36 Å². The minimum Gasteiger partial charge on any atom is -0.455 e. The van der Waals surface area contributed by atoms with Crippen LogP contribution in [0, 0.1) is 0 Å². The summed E-state index contributed by atoms with van der Waals surface area (Å²) in [6.45, 7) is 3.87. The highest BCUT2D eigenvalue weighted by atomic mass is 35.5. The van der Waals surface area contributed by atoms with Crippen molar-refractivity contribution in [3.05, 3.63) is 28.7 Å². The third-order valence-electron chi connectivity index (χ3n) is 5.93. The number of nitrogens with zero attached hydrogens (tertiary/aromatic N) is 7. The monoisotopic (exact) mass is 495 g/mol. The van der Waals surface area contributed by atoms with Crippen molar-refractivity contribution in [1.29, 1.82) is 0 Å². The second-order valence-corrected chi connectivity index (χ2v) is 8.88. The Morgan fingerprint density at radius 2 is 2.12 bits per heavy atom. The van der Waals surface area contributed by atoms with Crippen LogP contribution in [0.3, 0.4) is 0 Å². The van der Waals surface area contributed by atoms with Crippen LogP contribution in [0.5, 0.6) is 0 Å². The van der Waals surface area contributed by atoms with Crippen molar-refractivity contribution in [2.75, 3.05) is 6.61 Å². The van der Waals surface area contributed by atoms with Gasteiger partial charge in [0.25, 0.3) is 0 Å². The molecule has 0 N–H and O–H groups in total. The zero-order valence-electron chi connectivity index (χ0n) is 18.1. The van der Waals surface area contributed by atoms with Crippen LogP contribution in [0.15, 0.2) is 12.5 Å². The van der Waals surface area contributed by atoms with Crippen LogP contribution < -0.4 is 0 Å². The van der Waals surface area contributed by atoms with Crippen LogP contribution in [0.4, 0.5) is 0 Å². The Hall–Kier alpha value is -2.34. The number of fused-ring (bicyclic) bond motifs is 2. The van der Waals surface area contributed by atoms with E-state index in [4.69, 9.17) is 37.4 Å². The van der Waals surface area contributed by atoms with Gasteiger partial charge in [0, 0.05) is 13.1 Å². The minimum absolute atomic E-state index is 0.0242. The topological polar surface area (TPSA) is 119 Å². The van der Waals surface area contributed by atoms with Gasteiger partial charge in [-0.2, -0.15) is 4.98 Å². The number of imidazole rings is 1. The third kappa shape index (κ3) is 4.18. The van der Waals surface area contributed by atoms with Crippen LogP contribution >= 0.6 is 23.2 Å². The number of hydrogen-bond donors (Lipinski definition) is 0. The number of carbonyl (C=O) groups excluding carboxylic acids is 1. The van der Waals surface area contributed by atoms with E-state index in [1.54, 1.807) is 9.25 Å². The summed E-state index contributed by atoms with van der Waals surface area (Å²) < 4.78 is 21.5. The number of aromatic nitrogens is 7. The van der Waals surface area contributed by atoms with Crippen LogP contribution in [0.25, 0.3) is 11.2 Å². The standard InChI is InChI=1S/C20H23Cl2N7O4/c1-3-4-5-6-11-7-29(27-26-11)12-8-31-15-14(12)33-19(16(15)32-10(2)30)28-9-23-13-17(21)24-20(22)25-18(13)28/h7,9,12,14-16,19H,3-6,8H2,1-2H3/t12-,14?,15?,16+,19+/m0/s1. The summed E-state index contributed by atoms with van der Waals surface area (Å²) in [5, 5.41) is 8.71. The van der Waals surface area contributed by atoms with Crippen molar-refractivity contribution in [1.82, 2.24) is 34.5 Å².